The van der Waals surface area contributed by atoms with Gasteiger partial charge in [0, 0.05) is 6.42 Å². The zero-order chi connectivity index (χ0) is 6.95. The van der Waals surface area contributed by atoms with Gasteiger partial charge in [0.15, 0.2) is 0 Å². The third-order valence-corrected chi connectivity index (χ3v) is 0.826. The summed E-state index contributed by atoms with van der Waals surface area (Å²) in [6.07, 6.45) is 7.58. The molecule has 0 spiro atoms. The molecule has 0 radical (unpaired) electrons. The minimum Gasteiger partial charge on any atom is -0.103 e. The molecule has 0 rings (SSSR count). The lowest BCUT2D eigenvalue weighted by Gasteiger charge is -1.76. The van der Waals surface area contributed by atoms with Crippen LogP contribution in [0.4, 0.5) is 0 Å². The van der Waals surface area contributed by atoms with Crippen molar-refractivity contribution in [2.45, 2.75) is 19.8 Å². The van der Waals surface area contributed by atoms with Crippen LogP contribution in [0.2, 0.25) is 0 Å². The van der Waals surface area contributed by atoms with Crippen LogP contribution < -0.4 is 0 Å². The molecule has 0 aromatic carbocycles. The first-order chi connectivity index (χ1) is 4.41. The van der Waals surface area contributed by atoms with Crippen molar-refractivity contribution >= 4 is 0 Å². The van der Waals surface area contributed by atoms with Gasteiger partial charge >= 0.3 is 0 Å². The number of rotatable bonds is 2. The molecule has 0 nitrogen and oxygen atoms in total. The van der Waals surface area contributed by atoms with Gasteiger partial charge in [0.25, 0.3) is 0 Å². The van der Waals surface area contributed by atoms with Crippen molar-refractivity contribution in [2.75, 3.05) is 0 Å². The smallest absolute Gasteiger partial charge is 0.0127 e. The van der Waals surface area contributed by atoms with Crippen molar-refractivity contribution in [1.82, 2.24) is 0 Å². The summed E-state index contributed by atoms with van der Waals surface area (Å²) in [4.78, 5) is 0. The average molecular weight is 120 g/mol. The zero-order valence-electron chi connectivity index (χ0n) is 5.85. The zero-order valence-corrected chi connectivity index (χ0v) is 5.85. The fraction of sp³-hybridized carbons (Fsp3) is 0.333. The van der Waals surface area contributed by atoms with Gasteiger partial charge in [0.1, 0.15) is 0 Å². The Labute approximate surface area is 57.3 Å². The first-order valence-electron chi connectivity index (χ1n) is 3.12. The first-order valence-corrected chi connectivity index (χ1v) is 3.12. The van der Waals surface area contributed by atoms with E-state index in [1.807, 2.05) is 25.2 Å². The maximum atomic E-state index is 3.59. The van der Waals surface area contributed by atoms with E-state index < -0.39 is 0 Å². The Morgan fingerprint density at radius 3 is 2.89 bits per heavy atom. The minimum atomic E-state index is 0.924. The summed E-state index contributed by atoms with van der Waals surface area (Å²) in [6, 6.07) is 0. The van der Waals surface area contributed by atoms with Crippen LogP contribution in [0.25, 0.3) is 0 Å². The Kier molecular flexibility index (Phi) is 6.29. The molecular formula is C9H12. The standard InChI is InChI=1S/C9H12/c1-3-5-7-9-8-6-4-2/h3-4,6H,1,5,7H2,2H3/b6-4-. The molecule has 48 valence electrons. The van der Waals surface area contributed by atoms with E-state index in [2.05, 4.69) is 18.4 Å². The highest BCUT2D eigenvalue weighted by Gasteiger charge is 1.68. The predicted octanol–water partition coefficient (Wildman–Crippen LogP) is 2.53. The number of allylic oxidation sites excluding steroid dienone is 3. The fourth-order valence-corrected chi connectivity index (χ4v) is 0.389. The summed E-state index contributed by atoms with van der Waals surface area (Å²) in [5.41, 5.74) is 0. The van der Waals surface area contributed by atoms with Gasteiger partial charge < -0.3 is 0 Å². The van der Waals surface area contributed by atoms with Crippen LogP contribution >= 0.6 is 0 Å². The highest BCUT2D eigenvalue weighted by atomic mass is 13.7. The van der Waals surface area contributed by atoms with Gasteiger partial charge in [-0.15, -0.1) is 6.58 Å². The second kappa shape index (κ2) is 7.04. The molecule has 0 saturated heterocycles. The number of hydrogen-bond acceptors (Lipinski definition) is 0. The molecule has 0 saturated carbocycles. The van der Waals surface area contributed by atoms with Gasteiger partial charge in [0.05, 0.1) is 0 Å². The lowest BCUT2D eigenvalue weighted by Crippen LogP contribution is -1.61. The summed E-state index contributed by atoms with van der Waals surface area (Å²) in [5, 5.41) is 0. The van der Waals surface area contributed by atoms with Gasteiger partial charge in [-0.1, -0.05) is 24.0 Å². The van der Waals surface area contributed by atoms with Crippen molar-refractivity contribution in [1.29, 1.82) is 0 Å². The number of unbranched alkanes of at least 4 members (excludes halogenated alkanes) is 1. The monoisotopic (exact) mass is 120 g/mol. The van der Waals surface area contributed by atoms with E-state index in [0.717, 1.165) is 12.8 Å². The van der Waals surface area contributed by atoms with E-state index in [-0.39, 0.29) is 0 Å². The Hall–Kier alpha value is -0.960. The summed E-state index contributed by atoms with van der Waals surface area (Å²) in [5.74, 6) is 5.87. The maximum absolute atomic E-state index is 3.59. The molecule has 0 aliphatic carbocycles. The molecule has 0 amide bonds. The highest BCUT2D eigenvalue weighted by molar-refractivity contribution is 5.14. The van der Waals surface area contributed by atoms with Crippen molar-refractivity contribution in [3.63, 3.8) is 0 Å². The quantitative estimate of drug-likeness (QED) is 0.298. The lowest BCUT2D eigenvalue weighted by molar-refractivity contribution is 1.09. The minimum absolute atomic E-state index is 0.924. The topological polar surface area (TPSA) is 0 Å². The predicted molar refractivity (Wildman–Crippen MR) is 42.0 cm³/mol. The molecule has 0 fully saturated rings. The van der Waals surface area contributed by atoms with Crippen molar-refractivity contribution < 1.29 is 0 Å². The van der Waals surface area contributed by atoms with Gasteiger partial charge in [-0.05, 0) is 19.4 Å². The SMILES string of the molecule is C=CCCC#C/C=C\C. The third kappa shape index (κ3) is 7.04. The number of hydrogen-bond donors (Lipinski definition) is 0. The van der Waals surface area contributed by atoms with E-state index >= 15 is 0 Å². The summed E-state index contributed by atoms with van der Waals surface area (Å²) >= 11 is 0. The molecule has 0 unspecified atom stereocenters. The maximum Gasteiger partial charge on any atom is 0.0127 e. The van der Waals surface area contributed by atoms with Gasteiger partial charge in [0.2, 0.25) is 0 Å². The normalized spacial score (nSPS) is 8.56. The molecule has 0 N–H and O–H groups in total. The second-order valence-corrected chi connectivity index (χ2v) is 1.65. The molecule has 0 atom stereocenters. The highest BCUT2D eigenvalue weighted by Crippen LogP contribution is 1.84. The summed E-state index contributed by atoms with van der Waals surface area (Å²) < 4.78 is 0. The van der Waals surface area contributed by atoms with Crippen molar-refractivity contribution in [3.05, 3.63) is 24.8 Å². The first kappa shape index (κ1) is 8.04. The molecule has 0 aromatic rings. The van der Waals surface area contributed by atoms with Crippen LogP contribution in [-0.4, -0.2) is 0 Å². The Balaban J connectivity index is 3.26. The third-order valence-electron chi connectivity index (χ3n) is 0.826. The summed E-state index contributed by atoms with van der Waals surface area (Å²) in [6.45, 7) is 5.55. The van der Waals surface area contributed by atoms with Crippen LogP contribution in [0.5, 0.6) is 0 Å². The largest absolute Gasteiger partial charge is 0.103 e. The molecule has 0 aliphatic heterocycles. The van der Waals surface area contributed by atoms with Crippen LogP contribution in [0.15, 0.2) is 24.8 Å². The van der Waals surface area contributed by atoms with Crippen molar-refractivity contribution in [3.8, 4) is 11.8 Å². The van der Waals surface area contributed by atoms with E-state index in [9.17, 15) is 0 Å². The lowest BCUT2D eigenvalue weighted by atomic mass is 10.3. The molecular weight excluding hydrogens is 108 g/mol. The molecule has 9 heavy (non-hydrogen) atoms. The van der Waals surface area contributed by atoms with Gasteiger partial charge in [-0.2, -0.15) is 0 Å². The Bertz CT molecular complexity index is 141. The van der Waals surface area contributed by atoms with E-state index in [1.165, 1.54) is 0 Å². The van der Waals surface area contributed by atoms with Crippen LogP contribution in [0.1, 0.15) is 19.8 Å². The molecule has 0 aromatic heterocycles. The molecule has 0 bridgehead atoms. The van der Waals surface area contributed by atoms with Gasteiger partial charge in [-0.25, -0.2) is 0 Å². The second-order valence-electron chi connectivity index (χ2n) is 1.65. The van der Waals surface area contributed by atoms with E-state index in [4.69, 9.17) is 0 Å². The fourth-order valence-electron chi connectivity index (χ4n) is 0.389. The van der Waals surface area contributed by atoms with Crippen LogP contribution in [0.3, 0.4) is 0 Å². The van der Waals surface area contributed by atoms with E-state index in [1.54, 1.807) is 0 Å². The van der Waals surface area contributed by atoms with Crippen LogP contribution in [-0.2, 0) is 0 Å². The van der Waals surface area contributed by atoms with E-state index in [0.29, 0.717) is 0 Å². The molecule has 0 heteroatoms. The molecule has 0 heterocycles. The Morgan fingerprint density at radius 1 is 1.56 bits per heavy atom. The Morgan fingerprint density at radius 2 is 2.33 bits per heavy atom. The molecule has 0 aliphatic rings. The summed E-state index contributed by atoms with van der Waals surface area (Å²) in [7, 11) is 0. The van der Waals surface area contributed by atoms with Gasteiger partial charge in [-0.3, -0.25) is 0 Å². The van der Waals surface area contributed by atoms with Crippen LogP contribution in [0, 0.1) is 11.8 Å². The average Bonchev–Trinajstić information content (AvgIpc) is 1.89. The van der Waals surface area contributed by atoms with Crippen molar-refractivity contribution in [2.24, 2.45) is 0 Å².